The molecule has 0 aliphatic rings. The first-order valence-corrected chi connectivity index (χ1v) is 6.89. The molecule has 0 saturated heterocycles. The van der Waals surface area contributed by atoms with Crippen LogP contribution in [-0.4, -0.2) is 13.2 Å². The van der Waals surface area contributed by atoms with E-state index in [4.69, 9.17) is 4.74 Å². The molecule has 0 bridgehead atoms. The van der Waals surface area contributed by atoms with E-state index in [-0.39, 0.29) is 0 Å². The highest BCUT2D eigenvalue weighted by Crippen LogP contribution is 2.27. The van der Waals surface area contributed by atoms with Crippen molar-refractivity contribution in [2.45, 2.75) is 39.2 Å². The van der Waals surface area contributed by atoms with Crippen LogP contribution in [0.5, 0.6) is 5.75 Å². The summed E-state index contributed by atoms with van der Waals surface area (Å²) in [5, 5.41) is 3.55. The maximum atomic E-state index is 5.82. The van der Waals surface area contributed by atoms with Crippen LogP contribution in [0.1, 0.15) is 44.7 Å². The summed E-state index contributed by atoms with van der Waals surface area (Å²) in [6, 6.07) is 8.59. The lowest BCUT2D eigenvalue weighted by molar-refractivity contribution is 0.310. The van der Waals surface area contributed by atoms with Gasteiger partial charge in [-0.25, -0.2) is 0 Å². The number of rotatable bonds is 9. The molecule has 1 N–H and O–H groups in total. The second-order valence-electron chi connectivity index (χ2n) is 4.42. The Hall–Kier alpha value is -1.28. The summed E-state index contributed by atoms with van der Waals surface area (Å²) >= 11 is 0. The Kier molecular flexibility index (Phi) is 7.19. The first kappa shape index (κ1) is 14.8. The monoisotopic (exact) mass is 247 g/mol. The van der Waals surface area contributed by atoms with Gasteiger partial charge in [-0.05, 0) is 31.9 Å². The van der Waals surface area contributed by atoms with E-state index in [0.29, 0.717) is 6.04 Å². The van der Waals surface area contributed by atoms with E-state index in [1.54, 1.807) is 0 Å². The van der Waals surface area contributed by atoms with Crippen molar-refractivity contribution in [1.82, 2.24) is 5.32 Å². The predicted molar refractivity (Wildman–Crippen MR) is 78.1 cm³/mol. The summed E-state index contributed by atoms with van der Waals surface area (Å²) in [5.74, 6) is 0.995. The number of hydrogen-bond donors (Lipinski definition) is 1. The van der Waals surface area contributed by atoms with Crippen molar-refractivity contribution < 1.29 is 4.74 Å². The molecule has 100 valence electrons. The molecule has 0 aromatic heterocycles. The van der Waals surface area contributed by atoms with Gasteiger partial charge in [-0.3, -0.25) is 0 Å². The Morgan fingerprint density at radius 1 is 1.28 bits per heavy atom. The standard InChI is InChI=1S/C16H25NO/c1-4-9-15(17-12-5-2)14-10-7-8-11-16(14)18-13-6-3/h4,7-8,10-11,15,17H,1,5-6,9,12-13H2,2-3H3. The molecule has 0 saturated carbocycles. The lowest BCUT2D eigenvalue weighted by Gasteiger charge is -2.20. The molecule has 1 rings (SSSR count). The average molecular weight is 247 g/mol. The first-order valence-electron chi connectivity index (χ1n) is 6.89. The second kappa shape index (κ2) is 8.76. The highest BCUT2D eigenvalue weighted by Gasteiger charge is 2.13. The Labute approximate surface area is 111 Å². The fourth-order valence-electron chi connectivity index (χ4n) is 1.92. The summed E-state index contributed by atoms with van der Waals surface area (Å²) in [5.41, 5.74) is 1.24. The third-order valence-electron chi connectivity index (χ3n) is 2.80. The molecule has 1 atom stereocenters. The molecule has 1 unspecified atom stereocenters. The minimum absolute atomic E-state index is 0.301. The van der Waals surface area contributed by atoms with Crippen molar-refractivity contribution in [2.24, 2.45) is 0 Å². The molecule has 1 aromatic carbocycles. The summed E-state index contributed by atoms with van der Waals surface area (Å²) in [7, 11) is 0. The van der Waals surface area contributed by atoms with Crippen LogP contribution in [0.15, 0.2) is 36.9 Å². The van der Waals surface area contributed by atoms with Crippen molar-refractivity contribution >= 4 is 0 Å². The molecular formula is C16H25NO. The SMILES string of the molecule is C=CCC(NCCC)c1ccccc1OCCC. The highest BCUT2D eigenvalue weighted by molar-refractivity contribution is 5.36. The number of nitrogens with one attached hydrogen (secondary N) is 1. The largest absolute Gasteiger partial charge is 0.493 e. The molecule has 0 aliphatic carbocycles. The lowest BCUT2D eigenvalue weighted by atomic mass is 10.0. The molecule has 0 radical (unpaired) electrons. The van der Waals surface area contributed by atoms with Gasteiger partial charge in [-0.1, -0.05) is 38.1 Å². The minimum atomic E-state index is 0.301. The van der Waals surface area contributed by atoms with Crippen LogP contribution in [0.2, 0.25) is 0 Å². The van der Waals surface area contributed by atoms with Crippen LogP contribution in [-0.2, 0) is 0 Å². The molecule has 0 heterocycles. The van der Waals surface area contributed by atoms with Gasteiger partial charge >= 0.3 is 0 Å². The molecule has 0 aliphatic heterocycles. The van der Waals surface area contributed by atoms with Gasteiger partial charge in [-0.2, -0.15) is 0 Å². The van der Waals surface area contributed by atoms with Gasteiger partial charge in [0.25, 0.3) is 0 Å². The minimum Gasteiger partial charge on any atom is -0.493 e. The van der Waals surface area contributed by atoms with Gasteiger partial charge in [0.2, 0.25) is 0 Å². The van der Waals surface area contributed by atoms with Gasteiger partial charge in [0.15, 0.2) is 0 Å². The predicted octanol–water partition coefficient (Wildman–Crippen LogP) is 4.09. The topological polar surface area (TPSA) is 21.3 Å². The molecule has 18 heavy (non-hydrogen) atoms. The smallest absolute Gasteiger partial charge is 0.124 e. The van der Waals surface area contributed by atoms with Gasteiger partial charge in [0, 0.05) is 11.6 Å². The summed E-state index contributed by atoms with van der Waals surface area (Å²) < 4.78 is 5.82. The molecule has 1 aromatic rings. The number of hydrogen-bond acceptors (Lipinski definition) is 2. The van der Waals surface area contributed by atoms with Gasteiger partial charge < -0.3 is 10.1 Å². The second-order valence-corrected chi connectivity index (χ2v) is 4.42. The summed E-state index contributed by atoms with van der Waals surface area (Å²) in [6.45, 7) is 9.93. The van der Waals surface area contributed by atoms with Crippen LogP contribution in [0.3, 0.4) is 0 Å². The zero-order valence-corrected chi connectivity index (χ0v) is 11.6. The number of para-hydroxylation sites is 1. The van der Waals surface area contributed by atoms with Crippen molar-refractivity contribution in [3.8, 4) is 5.75 Å². The molecule has 2 nitrogen and oxygen atoms in total. The molecule has 0 fully saturated rings. The average Bonchev–Trinajstić information content (AvgIpc) is 2.41. The van der Waals surface area contributed by atoms with E-state index in [2.05, 4.69) is 43.9 Å². The zero-order chi connectivity index (χ0) is 13.2. The van der Waals surface area contributed by atoms with Crippen LogP contribution in [0, 0.1) is 0 Å². The van der Waals surface area contributed by atoms with Crippen LogP contribution < -0.4 is 10.1 Å². The number of ether oxygens (including phenoxy) is 1. The first-order chi connectivity index (χ1) is 8.83. The number of benzene rings is 1. The quantitative estimate of drug-likeness (QED) is 0.664. The maximum Gasteiger partial charge on any atom is 0.124 e. The van der Waals surface area contributed by atoms with E-state index < -0.39 is 0 Å². The Morgan fingerprint density at radius 2 is 2.06 bits per heavy atom. The third kappa shape index (κ3) is 4.53. The zero-order valence-electron chi connectivity index (χ0n) is 11.6. The Bertz CT molecular complexity index is 349. The van der Waals surface area contributed by atoms with Crippen molar-refractivity contribution in [3.05, 3.63) is 42.5 Å². The summed E-state index contributed by atoms with van der Waals surface area (Å²) in [6.07, 6.45) is 5.05. The van der Waals surface area contributed by atoms with E-state index in [0.717, 1.165) is 38.2 Å². The molecule has 0 amide bonds. The van der Waals surface area contributed by atoms with Crippen molar-refractivity contribution in [2.75, 3.05) is 13.2 Å². The summed E-state index contributed by atoms with van der Waals surface area (Å²) in [4.78, 5) is 0. The van der Waals surface area contributed by atoms with Gasteiger partial charge in [0.05, 0.1) is 6.61 Å². The van der Waals surface area contributed by atoms with Crippen molar-refractivity contribution in [3.63, 3.8) is 0 Å². The van der Waals surface area contributed by atoms with E-state index >= 15 is 0 Å². The van der Waals surface area contributed by atoms with Gasteiger partial charge in [0.1, 0.15) is 5.75 Å². The molecule has 2 heteroatoms. The van der Waals surface area contributed by atoms with E-state index in [1.807, 2.05) is 12.1 Å². The molecular weight excluding hydrogens is 222 g/mol. The molecule has 0 spiro atoms. The fourth-order valence-corrected chi connectivity index (χ4v) is 1.92. The van der Waals surface area contributed by atoms with E-state index in [9.17, 15) is 0 Å². The lowest BCUT2D eigenvalue weighted by Crippen LogP contribution is -2.22. The Balaban J connectivity index is 2.83. The van der Waals surface area contributed by atoms with Crippen LogP contribution >= 0.6 is 0 Å². The van der Waals surface area contributed by atoms with Crippen LogP contribution in [0.25, 0.3) is 0 Å². The Morgan fingerprint density at radius 3 is 2.72 bits per heavy atom. The fraction of sp³-hybridized carbons (Fsp3) is 0.500. The third-order valence-corrected chi connectivity index (χ3v) is 2.80. The highest BCUT2D eigenvalue weighted by atomic mass is 16.5. The van der Waals surface area contributed by atoms with Crippen LogP contribution in [0.4, 0.5) is 0 Å². The van der Waals surface area contributed by atoms with Crippen molar-refractivity contribution in [1.29, 1.82) is 0 Å². The maximum absolute atomic E-state index is 5.82. The van der Waals surface area contributed by atoms with Gasteiger partial charge in [-0.15, -0.1) is 6.58 Å². The normalized spacial score (nSPS) is 12.1. The van der Waals surface area contributed by atoms with E-state index in [1.165, 1.54) is 5.56 Å².